The Labute approximate surface area is 105 Å². The fourth-order valence-electron chi connectivity index (χ4n) is 1.49. The van der Waals surface area contributed by atoms with Crippen LogP contribution < -0.4 is 10.5 Å². The molecule has 0 heterocycles. The van der Waals surface area contributed by atoms with Crippen LogP contribution in [-0.2, 0) is 0 Å². The highest BCUT2D eigenvalue weighted by molar-refractivity contribution is 5.57. The van der Waals surface area contributed by atoms with Crippen LogP contribution in [0.2, 0.25) is 0 Å². The van der Waals surface area contributed by atoms with Crippen molar-refractivity contribution in [2.75, 3.05) is 7.11 Å². The Morgan fingerprint density at radius 1 is 1.53 bits per heavy atom. The molecule has 6 nitrogen and oxygen atoms in total. The van der Waals surface area contributed by atoms with Gasteiger partial charge in [0.05, 0.1) is 18.5 Å². The predicted octanol–water partition coefficient (Wildman–Crippen LogP) is 2.26. The van der Waals surface area contributed by atoms with E-state index in [1.807, 2.05) is 0 Å². The van der Waals surface area contributed by atoms with Gasteiger partial charge in [-0.15, -0.1) is 0 Å². The summed E-state index contributed by atoms with van der Waals surface area (Å²) < 4.78 is 41.3. The van der Waals surface area contributed by atoms with E-state index in [0.29, 0.717) is 0 Å². The first-order chi connectivity index (χ1) is 8.65. The molecule has 0 fully saturated rings. The van der Waals surface area contributed by atoms with Gasteiger partial charge < -0.3 is 15.6 Å². The number of nitrogens with zero attached hydrogens (tertiary/aromatic N) is 1. The van der Waals surface area contributed by atoms with Gasteiger partial charge in [-0.2, -0.15) is 13.2 Å². The fourth-order valence-corrected chi connectivity index (χ4v) is 1.49. The van der Waals surface area contributed by atoms with E-state index in [0.717, 1.165) is 19.2 Å². The van der Waals surface area contributed by atoms with Crippen LogP contribution in [0.25, 0.3) is 0 Å². The van der Waals surface area contributed by atoms with Crippen molar-refractivity contribution in [3.8, 4) is 11.5 Å². The molecule has 19 heavy (non-hydrogen) atoms. The summed E-state index contributed by atoms with van der Waals surface area (Å²) in [6.45, 7) is 0. The van der Waals surface area contributed by atoms with Crippen LogP contribution in [0.1, 0.15) is 18.0 Å². The van der Waals surface area contributed by atoms with E-state index < -0.39 is 35.0 Å². The van der Waals surface area contributed by atoms with Crippen LogP contribution in [0.4, 0.5) is 18.9 Å². The molecule has 0 radical (unpaired) electrons. The molecule has 0 amide bonds. The van der Waals surface area contributed by atoms with Gasteiger partial charge in [0.1, 0.15) is 0 Å². The van der Waals surface area contributed by atoms with E-state index in [1.54, 1.807) is 0 Å². The number of methoxy groups -OCH3 is 1. The molecule has 1 atom stereocenters. The molecule has 0 aliphatic rings. The topological polar surface area (TPSA) is 98.6 Å². The highest BCUT2D eigenvalue weighted by atomic mass is 19.4. The van der Waals surface area contributed by atoms with E-state index in [2.05, 4.69) is 4.74 Å². The van der Waals surface area contributed by atoms with Crippen LogP contribution >= 0.6 is 0 Å². The summed E-state index contributed by atoms with van der Waals surface area (Å²) in [5.41, 5.74) is 4.45. The van der Waals surface area contributed by atoms with Crippen molar-refractivity contribution in [2.24, 2.45) is 5.73 Å². The van der Waals surface area contributed by atoms with Crippen molar-refractivity contribution in [3.63, 3.8) is 0 Å². The van der Waals surface area contributed by atoms with E-state index in [9.17, 15) is 28.4 Å². The summed E-state index contributed by atoms with van der Waals surface area (Å²) in [6, 6.07) is 0.362. The zero-order valence-corrected chi connectivity index (χ0v) is 9.77. The molecule has 9 heteroatoms. The lowest BCUT2D eigenvalue weighted by atomic mass is 10.0. The van der Waals surface area contributed by atoms with Crippen molar-refractivity contribution in [1.82, 2.24) is 0 Å². The number of ether oxygens (including phenoxy) is 1. The fraction of sp³-hybridized carbons (Fsp3) is 0.400. The van der Waals surface area contributed by atoms with Gasteiger partial charge in [0.15, 0.2) is 5.75 Å². The number of aromatic hydroxyl groups is 1. The first-order valence-electron chi connectivity index (χ1n) is 5.03. The lowest BCUT2D eigenvalue weighted by Crippen LogP contribution is -2.20. The highest BCUT2D eigenvalue weighted by Gasteiger charge is 2.32. The Hall–Kier alpha value is -2.03. The molecule has 1 aromatic carbocycles. The number of phenolic OH excluding ortho intramolecular Hbond substituents is 1. The van der Waals surface area contributed by atoms with Gasteiger partial charge >= 0.3 is 11.9 Å². The molecular weight excluding hydrogens is 269 g/mol. The lowest BCUT2D eigenvalue weighted by Gasteiger charge is -2.15. The van der Waals surface area contributed by atoms with Gasteiger partial charge in [-0.3, -0.25) is 10.1 Å². The SMILES string of the molecule is COc1cc([C@H](N)CC(F)(F)F)cc([N+](=O)[O-])c1O. The van der Waals surface area contributed by atoms with E-state index in [1.165, 1.54) is 0 Å². The Bertz CT molecular complexity index is 490. The normalized spacial score (nSPS) is 13.1. The summed E-state index contributed by atoms with van der Waals surface area (Å²) in [7, 11) is 1.12. The monoisotopic (exact) mass is 280 g/mol. The molecule has 0 unspecified atom stereocenters. The summed E-state index contributed by atoms with van der Waals surface area (Å²) >= 11 is 0. The maximum atomic E-state index is 12.2. The standard InChI is InChI=1S/C10H11F3N2O4/c1-19-8-3-5(6(14)4-10(11,12)13)2-7(9(8)16)15(17)18/h2-3,6,16H,4,14H2,1H3/t6-/m1/s1. The molecule has 0 saturated heterocycles. The summed E-state index contributed by atoms with van der Waals surface area (Å²) in [5, 5.41) is 20.1. The van der Waals surface area contributed by atoms with Crippen molar-refractivity contribution < 1.29 is 27.9 Å². The third-order valence-corrected chi connectivity index (χ3v) is 2.37. The quantitative estimate of drug-likeness (QED) is 0.651. The number of nitrogens with two attached hydrogens (primary N) is 1. The minimum atomic E-state index is -4.50. The third kappa shape index (κ3) is 3.71. The number of nitro groups is 1. The third-order valence-electron chi connectivity index (χ3n) is 2.37. The minimum absolute atomic E-state index is 0.140. The maximum absolute atomic E-state index is 12.2. The Balaban J connectivity index is 3.22. The zero-order chi connectivity index (χ0) is 14.8. The molecule has 0 aliphatic carbocycles. The second-order valence-electron chi connectivity index (χ2n) is 3.77. The largest absolute Gasteiger partial charge is 0.500 e. The van der Waals surface area contributed by atoms with Crippen molar-refractivity contribution >= 4 is 5.69 Å². The minimum Gasteiger partial charge on any atom is -0.500 e. The number of hydrogen-bond acceptors (Lipinski definition) is 5. The Morgan fingerprint density at radius 3 is 2.53 bits per heavy atom. The first-order valence-corrected chi connectivity index (χ1v) is 5.03. The van der Waals surface area contributed by atoms with Crippen molar-refractivity contribution in [2.45, 2.75) is 18.6 Å². The molecule has 1 aromatic rings. The van der Waals surface area contributed by atoms with Gasteiger partial charge in [0.2, 0.25) is 5.75 Å². The molecular formula is C10H11F3N2O4. The average Bonchev–Trinajstić information content (AvgIpc) is 2.26. The molecule has 1 rings (SSSR count). The first kappa shape index (κ1) is 15.0. The smallest absolute Gasteiger partial charge is 0.390 e. The molecule has 0 saturated carbocycles. The second kappa shape index (κ2) is 5.31. The number of rotatable bonds is 4. The summed E-state index contributed by atoms with van der Waals surface area (Å²) in [4.78, 5) is 9.75. The van der Waals surface area contributed by atoms with Gasteiger partial charge in [0.25, 0.3) is 0 Å². The number of benzene rings is 1. The van der Waals surface area contributed by atoms with Crippen LogP contribution in [0.5, 0.6) is 11.5 Å². The second-order valence-corrected chi connectivity index (χ2v) is 3.77. The summed E-state index contributed by atoms with van der Waals surface area (Å²) in [5.74, 6) is -1.06. The molecule has 0 aliphatic heterocycles. The van der Waals surface area contributed by atoms with Crippen LogP contribution in [0.15, 0.2) is 12.1 Å². The van der Waals surface area contributed by atoms with Crippen LogP contribution in [0, 0.1) is 10.1 Å². The number of nitro benzene ring substituents is 1. The summed E-state index contributed by atoms with van der Waals surface area (Å²) in [6.07, 6.45) is -5.84. The molecule has 0 aromatic heterocycles. The molecule has 0 bridgehead atoms. The zero-order valence-electron chi connectivity index (χ0n) is 9.77. The maximum Gasteiger partial charge on any atom is 0.390 e. The predicted molar refractivity (Wildman–Crippen MR) is 58.9 cm³/mol. The van der Waals surface area contributed by atoms with E-state index in [4.69, 9.17) is 5.73 Å². The highest BCUT2D eigenvalue weighted by Crippen LogP contribution is 2.39. The average molecular weight is 280 g/mol. The number of hydrogen-bond donors (Lipinski definition) is 2. The van der Waals surface area contributed by atoms with E-state index in [-0.39, 0.29) is 11.3 Å². The Morgan fingerprint density at radius 2 is 2.11 bits per heavy atom. The van der Waals surface area contributed by atoms with E-state index >= 15 is 0 Å². The van der Waals surface area contributed by atoms with Gasteiger partial charge in [-0.25, -0.2) is 0 Å². The molecule has 3 N–H and O–H groups in total. The van der Waals surface area contributed by atoms with Crippen molar-refractivity contribution in [1.29, 1.82) is 0 Å². The molecule has 0 spiro atoms. The van der Waals surface area contributed by atoms with Gasteiger partial charge in [-0.1, -0.05) is 0 Å². The van der Waals surface area contributed by atoms with Gasteiger partial charge in [-0.05, 0) is 11.6 Å². The lowest BCUT2D eigenvalue weighted by molar-refractivity contribution is -0.386. The van der Waals surface area contributed by atoms with Crippen LogP contribution in [0.3, 0.4) is 0 Å². The number of halogens is 3. The number of phenols is 1. The van der Waals surface area contributed by atoms with Crippen LogP contribution in [-0.4, -0.2) is 23.3 Å². The van der Waals surface area contributed by atoms with Crippen molar-refractivity contribution in [3.05, 3.63) is 27.8 Å². The van der Waals surface area contributed by atoms with Gasteiger partial charge in [0, 0.05) is 12.1 Å². The number of alkyl halides is 3. The Kier molecular flexibility index (Phi) is 4.20. The molecule has 106 valence electrons.